The average Bonchev–Trinajstić information content (AvgIpc) is 3.09. The van der Waals surface area contributed by atoms with Gasteiger partial charge in [0.2, 0.25) is 10.0 Å². The second-order valence-corrected chi connectivity index (χ2v) is 9.84. The number of aryl methyl sites for hydroxylation is 1. The summed E-state index contributed by atoms with van der Waals surface area (Å²) in [4.78, 5) is 7.28. The van der Waals surface area contributed by atoms with E-state index in [0.29, 0.717) is 24.0 Å². The van der Waals surface area contributed by atoms with E-state index in [1.165, 1.54) is 24.4 Å². The van der Waals surface area contributed by atoms with Gasteiger partial charge in [0.1, 0.15) is 6.17 Å². The minimum absolute atomic E-state index is 0.0166. The van der Waals surface area contributed by atoms with Crippen LogP contribution >= 0.6 is 0 Å². The first-order chi connectivity index (χ1) is 14.4. The molecule has 2 aromatic heterocycles. The zero-order valence-corrected chi connectivity index (χ0v) is 16.9. The Labute approximate surface area is 174 Å². The van der Waals surface area contributed by atoms with Gasteiger partial charge in [-0.05, 0) is 43.4 Å². The van der Waals surface area contributed by atoms with Gasteiger partial charge in [-0.25, -0.2) is 27.5 Å². The number of benzene rings is 1. The maximum atomic E-state index is 13.9. The molecule has 0 saturated heterocycles. The smallest absolute Gasteiger partial charge is 0.381 e. The highest BCUT2D eigenvalue weighted by Gasteiger charge is 2.68. The summed E-state index contributed by atoms with van der Waals surface area (Å²) in [5.74, 6) is -0.488. The van der Waals surface area contributed by atoms with Crippen molar-refractivity contribution in [2.45, 2.75) is 42.5 Å². The number of nitrogen functional groups attached to an aromatic ring is 1. The highest BCUT2D eigenvalue weighted by molar-refractivity contribution is 7.89. The summed E-state index contributed by atoms with van der Waals surface area (Å²) < 4.78 is 82.9. The lowest BCUT2D eigenvalue weighted by atomic mass is 9.49. The summed E-state index contributed by atoms with van der Waals surface area (Å²) in [5.41, 5.74) is 4.61. The minimum Gasteiger partial charge on any atom is -0.381 e. The van der Waals surface area contributed by atoms with Crippen molar-refractivity contribution in [1.29, 1.82) is 0 Å². The van der Waals surface area contributed by atoms with E-state index in [-0.39, 0.29) is 22.2 Å². The first kappa shape index (κ1) is 20.2. The fraction of sp³-hybridized carbons (Fsp3) is 0.368. The van der Waals surface area contributed by atoms with Gasteiger partial charge in [-0.2, -0.15) is 13.2 Å². The summed E-state index contributed by atoms with van der Waals surface area (Å²) in [6, 6.07) is 4.25. The lowest BCUT2D eigenvalue weighted by molar-refractivity contribution is -0.141. The van der Waals surface area contributed by atoms with Crippen molar-refractivity contribution >= 4 is 21.5 Å². The molecule has 0 amide bonds. The van der Waals surface area contributed by atoms with Crippen molar-refractivity contribution in [2.75, 3.05) is 5.73 Å². The maximum absolute atomic E-state index is 13.9. The third kappa shape index (κ3) is 2.92. The molecule has 7 nitrogen and oxygen atoms in total. The van der Waals surface area contributed by atoms with Crippen molar-refractivity contribution < 1.29 is 26.0 Å². The van der Waals surface area contributed by atoms with Crippen molar-refractivity contribution in [3.05, 3.63) is 41.9 Å². The summed E-state index contributed by atoms with van der Waals surface area (Å²) >= 11 is 0. The van der Waals surface area contributed by atoms with Crippen LogP contribution in [0.2, 0.25) is 0 Å². The van der Waals surface area contributed by atoms with E-state index in [9.17, 15) is 26.0 Å². The zero-order valence-electron chi connectivity index (χ0n) is 16.1. The SMILES string of the molecule is Cc1ccc(S(=O)(=O)NC23CC(C2)C3F)cc1-c1cnc2c(N)nc(C(F)(F)F)cn12. The Morgan fingerprint density at radius 1 is 1.29 bits per heavy atom. The molecule has 2 heterocycles. The van der Waals surface area contributed by atoms with Crippen LogP contribution in [-0.4, -0.2) is 34.5 Å². The van der Waals surface area contributed by atoms with Crippen molar-refractivity contribution in [3.63, 3.8) is 0 Å². The second-order valence-electron chi connectivity index (χ2n) is 8.15. The molecule has 3 aromatic rings. The van der Waals surface area contributed by atoms with Gasteiger partial charge in [-0.1, -0.05) is 6.07 Å². The molecule has 12 heteroatoms. The lowest BCUT2D eigenvalue weighted by Gasteiger charge is -2.63. The Morgan fingerprint density at radius 3 is 2.58 bits per heavy atom. The van der Waals surface area contributed by atoms with E-state index in [2.05, 4.69) is 14.7 Å². The number of hydrogen-bond acceptors (Lipinski definition) is 5. The molecule has 2 bridgehead atoms. The lowest BCUT2D eigenvalue weighted by Crippen LogP contribution is -2.77. The highest BCUT2D eigenvalue weighted by Crippen LogP contribution is 2.59. The normalized spacial score (nSPS) is 25.3. The van der Waals surface area contributed by atoms with Gasteiger partial charge in [0.25, 0.3) is 0 Å². The largest absolute Gasteiger partial charge is 0.434 e. The van der Waals surface area contributed by atoms with Crippen LogP contribution in [-0.2, 0) is 16.2 Å². The number of halogens is 4. The number of sulfonamides is 1. The van der Waals surface area contributed by atoms with Crippen LogP contribution in [0.15, 0.2) is 35.5 Å². The molecule has 1 aromatic carbocycles. The van der Waals surface area contributed by atoms with Crippen LogP contribution in [0.3, 0.4) is 0 Å². The highest BCUT2D eigenvalue weighted by atomic mass is 32.2. The fourth-order valence-corrected chi connectivity index (χ4v) is 5.75. The van der Waals surface area contributed by atoms with Crippen LogP contribution in [0.1, 0.15) is 24.1 Å². The van der Waals surface area contributed by atoms with Crippen LogP contribution in [0, 0.1) is 12.8 Å². The quantitative estimate of drug-likeness (QED) is 0.589. The van der Waals surface area contributed by atoms with E-state index in [4.69, 9.17) is 5.73 Å². The third-order valence-corrected chi connectivity index (χ3v) is 7.69. The average molecular weight is 455 g/mol. The van der Waals surface area contributed by atoms with Crippen LogP contribution in [0.5, 0.6) is 0 Å². The molecule has 0 radical (unpaired) electrons. The molecule has 0 spiro atoms. The molecule has 3 N–H and O–H groups in total. The number of aromatic nitrogens is 3. The standard InChI is InChI=1S/C19H17F4N5O2S/c1-9-2-3-11(31(29,30)27-18-5-10(6-18)15(18)20)4-12(9)13-7-25-17-16(24)26-14(8-28(13)17)19(21,22)23/h2-4,7-8,10,15,27H,5-6H2,1H3,(H2,24,26). The topological polar surface area (TPSA) is 102 Å². The predicted octanol–water partition coefficient (Wildman–Crippen LogP) is 3.08. The molecule has 6 rings (SSSR count). The predicted molar refractivity (Wildman–Crippen MR) is 103 cm³/mol. The number of rotatable bonds is 4. The van der Waals surface area contributed by atoms with Gasteiger partial charge >= 0.3 is 6.18 Å². The summed E-state index contributed by atoms with van der Waals surface area (Å²) in [6.07, 6.45) is -2.92. The molecule has 3 aliphatic rings. The number of anilines is 1. The monoisotopic (exact) mass is 455 g/mol. The van der Waals surface area contributed by atoms with Gasteiger partial charge in [0.15, 0.2) is 17.2 Å². The van der Waals surface area contributed by atoms with E-state index < -0.39 is 39.4 Å². The number of fused-ring (bicyclic) bond motifs is 1. The molecule has 164 valence electrons. The fourth-order valence-electron chi connectivity index (χ4n) is 4.30. The molecule has 1 unspecified atom stereocenters. The van der Waals surface area contributed by atoms with Crippen LogP contribution in [0.4, 0.5) is 23.4 Å². The van der Waals surface area contributed by atoms with Crippen molar-refractivity contribution in [1.82, 2.24) is 19.1 Å². The minimum atomic E-state index is -4.72. The molecule has 3 fully saturated rings. The van der Waals surface area contributed by atoms with Crippen LogP contribution in [0.25, 0.3) is 16.9 Å². The maximum Gasteiger partial charge on any atom is 0.434 e. The first-order valence-corrected chi connectivity index (χ1v) is 10.9. The van der Waals surface area contributed by atoms with E-state index in [0.717, 1.165) is 10.6 Å². The van der Waals surface area contributed by atoms with E-state index in [1.54, 1.807) is 6.92 Å². The Balaban J connectivity index is 1.60. The molecular formula is C19H17F4N5O2S. The molecule has 31 heavy (non-hydrogen) atoms. The van der Waals surface area contributed by atoms with Gasteiger partial charge in [-0.15, -0.1) is 0 Å². The molecule has 3 saturated carbocycles. The Morgan fingerprint density at radius 2 is 2.00 bits per heavy atom. The summed E-state index contributed by atoms with van der Waals surface area (Å²) in [5, 5.41) is 0. The number of nitrogens with two attached hydrogens (primary N) is 1. The number of nitrogens with zero attached hydrogens (tertiary/aromatic N) is 3. The Hall–Kier alpha value is -2.73. The Bertz CT molecular complexity index is 1330. The molecular weight excluding hydrogens is 438 g/mol. The van der Waals surface area contributed by atoms with Gasteiger partial charge in [-0.3, -0.25) is 4.40 Å². The van der Waals surface area contributed by atoms with Crippen molar-refractivity contribution in [2.24, 2.45) is 5.92 Å². The first-order valence-electron chi connectivity index (χ1n) is 9.41. The van der Waals surface area contributed by atoms with E-state index >= 15 is 0 Å². The van der Waals surface area contributed by atoms with Gasteiger partial charge in [0.05, 0.1) is 22.3 Å². The molecule has 1 atom stereocenters. The Kier molecular flexibility index (Phi) is 4.01. The molecule has 0 aliphatic heterocycles. The number of nitrogens with one attached hydrogen (secondary N) is 1. The number of hydrogen-bond donors (Lipinski definition) is 2. The number of imidazole rings is 1. The third-order valence-electron chi connectivity index (χ3n) is 6.14. The summed E-state index contributed by atoms with van der Waals surface area (Å²) in [6.45, 7) is 1.69. The second kappa shape index (κ2) is 6.16. The van der Waals surface area contributed by atoms with Gasteiger partial charge < -0.3 is 5.73 Å². The van der Waals surface area contributed by atoms with E-state index in [1.807, 2.05) is 0 Å². The van der Waals surface area contributed by atoms with Gasteiger partial charge in [0, 0.05) is 11.8 Å². The summed E-state index contributed by atoms with van der Waals surface area (Å²) in [7, 11) is -4.03. The number of alkyl halides is 4. The molecule has 3 aliphatic carbocycles. The van der Waals surface area contributed by atoms with Crippen molar-refractivity contribution in [3.8, 4) is 11.3 Å². The van der Waals surface area contributed by atoms with Crippen LogP contribution < -0.4 is 10.5 Å². The zero-order chi connectivity index (χ0) is 22.3.